The number of hydrogen-bond acceptors (Lipinski definition) is 6. The van der Waals surface area contributed by atoms with Crippen molar-refractivity contribution in [1.29, 1.82) is 0 Å². The SMILES string of the molecule is C=CCN(C(=O)C1N(CCCO)C(=O)[C@@H]2[C@@H](C(=O)O)[C@H]3CC(C)C12S3)c1ccc(N(CC)CC)cc1. The maximum Gasteiger partial charge on any atom is 0.308 e. The fourth-order valence-corrected chi connectivity index (χ4v) is 9.00. The van der Waals surface area contributed by atoms with Crippen LogP contribution < -0.4 is 9.80 Å². The number of carbonyl (C=O) groups excluding carboxylic acids is 2. The van der Waals surface area contributed by atoms with E-state index >= 15 is 0 Å². The van der Waals surface area contributed by atoms with E-state index < -0.39 is 28.6 Å². The minimum atomic E-state index is -0.968. The molecule has 3 unspecified atom stereocenters. The topological polar surface area (TPSA) is 101 Å². The molecular formula is C27H37N3O5S. The number of carboxylic acids is 1. The lowest BCUT2D eigenvalue weighted by Gasteiger charge is -2.40. The van der Waals surface area contributed by atoms with Gasteiger partial charge in [-0.25, -0.2) is 0 Å². The standard InChI is InChI=1S/C27H37N3O5S/c1-5-13-29(19-11-9-18(10-12-19)28(6-2)7-3)25(33)23-27-17(4)16-20(36-27)21(26(34)35)22(27)24(32)30(23)14-8-15-31/h5,9-12,17,20-23,31H,1,6-8,13-16H2,2-4H3,(H,34,35)/t17?,20-,21+,22+,23?,27?/m1/s1. The summed E-state index contributed by atoms with van der Waals surface area (Å²) in [5, 5.41) is 19.3. The van der Waals surface area contributed by atoms with E-state index in [2.05, 4.69) is 25.3 Å². The highest BCUT2D eigenvalue weighted by Crippen LogP contribution is 2.68. The van der Waals surface area contributed by atoms with Crippen LogP contribution >= 0.6 is 11.8 Å². The zero-order valence-corrected chi connectivity index (χ0v) is 22.1. The molecule has 0 radical (unpaired) electrons. The number of aliphatic carboxylic acids is 1. The van der Waals surface area contributed by atoms with Gasteiger partial charge in [0, 0.05) is 49.4 Å². The van der Waals surface area contributed by atoms with Gasteiger partial charge in [-0.15, -0.1) is 18.3 Å². The highest BCUT2D eigenvalue weighted by Gasteiger charge is 2.76. The van der Waals surface area contributed by atoms with Gasteiger partial charge in [0.1, 0.15) is 6.04 Å². The van der Waals surface area contributed by atoms with Gasteiger partial charge in [-0.05, 0) is 56.9 Å². The van der Waals surface area contributed by atoms with E-state index in [1.54, 1.807) is 15.9 Å². The van der Waals surface area contributed by atoms with Crippen molar-refractivity contribution in [2.45, 2.75) is 49.7 Å². The molecule has 9 heteroatoms. The first kappa shape index (κ1) is 26.5. The first-order valence-electron chi connectivity index (χ1n) is 12.9. The minimum absolute atomic E-state index is 0.0146. The summed E-state index contributed by atoms with van der Waals surface area (Å²) >= 11 is 1.53. The number of thioether (sulfide) groups is 1. The molecule has 0 aromatic heterocycles. The van der Waals surface area contributed by atoms with E-state index in [9.17, 15) is 24.6 Å². The number of aliphatic hydroxyl groups excluding tert-OH is 1. The van der Waals surface area contributed by atoms with E-state index in [1.165, 1.54) is 11.8 Å². The average Bonchev–Trinajstić information content (AvgIpc) is 3.45. The van der Waals surface area contributed by atoms with Gasteiger partial charge in [0.15, 0.2) is 0 Å². The molecule has 6 atom stereocenters. The summed E-state index contributed by atoms with van der Waals surface area (Å²) in [6.45, 7) is 12.2. The molecule has 3 aliphatic rings. The molecule has 1 aromatic carbocycles. The quantitative estimate of drug-likeness (QED) is 0.437. The number of nitrogens with zero attached hydrogens (tertiary/aromatic N) is 3. The Morgan fingerprint density at radius 1 is 1.22 bits per heavy atom. The van der Waals surface area contributed by atoms with Crippen molar-refractivity contribution in [2.75, 3.05) is 42.6 Å². The van der Waals surface area contributed by atoms with Gasteiger partial charge >= 0.3 is 5.97 Å². The van der Waals surface area contributed by atoms with Crippen LogP contribution in [-0.4, -0.2) is 81.7 Å². The monoisotopic (exact) mass is 515 g/mol. The maximum atomic E-state index is 14.4. The third-order valence-electron chi connectivity index (χ3n) is 8.19. The van der Waals surface area contributed by atoms with Crippen LogP contribution in [-0.2, 0) is 14.4 Å². The fourth-order valence-electron chi connectivity index (χ4n) is 6.59. The van der Waals surface area contributed by atoms with Crippen LogP contribution in [0.25, 0.3) is 0 Å². The van der Waals surface area contributed by atoms with Crippen LogP contribution in [0.4, 0.5) is 11.4 Å². The molecule has 3 aliphatic heterocycles. The lowest BCUT2D eigenvalue weighted by molar-refractivity contribution is -0.149. The molecule has 3 heterocycles. The van der Waals surface area contributed by atoms with Crippen molar-refractivity contribution in [3.05, 3.63) is 36.9 Å². The number of anilines is 2. The van der Waals surface area contributed by atoms with Gasteiger partial charge in [-0.2, -0.15) is 0 Å². The molecule has 0 aliphatic carbocycles. The predicted octanol–water partition coefficient (Wildman–Crippen LogP) is 2.86. The number of carboxylic acid groups (broad SMARTS) is 1. The van der Waals surface area contributed by atoms with Crippen LogP contribution in [0.15, 0.2) is 36.9 Å². The molecule has 2 amide bonds. The molecule has 2 N–H and O–H groups in total. The van der Waals surface area contributed by atoms with Crippen LogP contribution in [0, 0.1) is 17.8 Å². The third-order valence-corrected chi connectivity index (χ3v) is 10.3. The largest absolute Gasteiger partial charge is 0.481 e. The van der Waals surface area contributed by atoms with Crippen molar-refractivity contribution in [1.82, 2.24) is 4.90 Å². The van der Waals surface area contributed by atoms with E-state index in [1.807, 2.05) is 31.2 Å². The van der Waals surface area contributed by atoms with Gasteiger partial charge in [-0.3, -0.25) is 14.4 Å². The minimum Gasteiger partial charge on any atom is -0.481 e. The molecule has 196 valence electrons. The predicted molar refractivity (Wildman–Crippen MR) is 142 cm³/mol. The summed E-state index contributed by atoms with van der Waals surface area (Å²) in [6, 6.07) is 7.03. The number of rotatable bonds is 11. The fraction of sp³-hybridized carbons (Fsp3) is 0.593. The smallest absolute Gasteiger partial charge is 0.308 e. The molecule has 4 rings (SSSR count). The highest BCUT2D eigenvalue weighted by atomic mass is 32.2. The zero-order valence-electron chi connectivity index (χ0n) is 21.3. The van der Waals surface area contributed by atoms with Gasteiger partial charge in [0.05, 0.1) is 16.6 Å². The molecule has 36 heavy (non-hydrogen) atoms. The Morgan fingerprint density at radius 2 is 1.86 bits per heavy atom. The molecule has 2 bridgehead atoms. The molecule has 1 spiro atoms. The second kappa shape index (κ2) is 10.5. The van der Waals surface area contributed by atoms with Gasteiger partial charge in [0.25, 0.3) is 5.91 Å². The Labute approximate surface area is 217 Å². The average molecular weight is 516 g/mol. The van der Waals surface area contributed by atoms with Crippen molar-refractivity contribution in [3.8, 4) is 0 Å². The Hall–Kier alpha value is -2.52. The summed E-state index contributed by atoms with van der Waals surface area (Å²) in [5.74, 6) is -2.98. The van der Waals surface area contributed by atoms with Crippen molar-refractivity contribution in [2.24, 2.45) is 17.8 Å². The number of carbonyl (C=O) groups is 3. The number of benzene rings is 1. The summed E-state index contributed by atoms with van der Waals surface area (Å²) < 4.78 is -0.794. The van der Waals surface area contributed by atoms with Crippen LogP contribution in [0.3, 0.4) is 0 Å². The number of fused-ring (bicyclic) bond motifs is 1. The Bertz CT molecular complexity index is 1010. The van der Waals surface area contributed by atoms with E-state index in [4.69, 9.17) is 0 Å². The molecule has 3 saturated heterocycles. The summed E-state index contributed by atoms with van der Waals surface area (Å²) in [4.78, 5) is 45.8. The first-order valence-corrected chi connectivity index (χ1v) is 13.7. The van der Waals surface area contributed by atoms with E-state index in [0.29, 0.717) is 18.5 Å². The molecule has 3 fully saturated rings. The normalized spacial score (nSPS) is 30.4. The second-order valence-electron chi connectivity index (χ2n) is 9.93. The van der Waals surface area contributed by atoms with Gasteiger partial charge < -0.3 is 24.9 Å². The lowest BCUT2D eigenvalue weighted by atomic mass is 9.66. The summed E-state index contributed by atoms with van der Waals surface area (Å²) in [6.07, 6.45) is 2.67. The lowest BCUT2D eigenvalue weighted by Crippen LogP contribution is -2.57. The Balaban J connectivity index is 1.75. The van der Waals surface area contributed by atoms with Crippen molar-refractivity contribution >= 4 is 40.9 Å². The van der Waals surface area contributed by atoms with Gasteiger partial charge in [0.2, 0.25) is 5.91 Å². The van der Waals surface area contributed by atoms with E-state index in [-0.39, 0.29) is 42.7 Å². The Morgan fingerprint density at radius 3 is 2.42 bits per heavy atom. The van der Waals surface area contributed by atoms with Crippen LogP contribution in [0.5, 0.6) is 0 Å². The van der Waals surface area contributed by atoms with Gasteiger partial charge in [-0.1, -0.05) is 13.0 Å². The van der Waals surface area contributed by atoms with Crippen LogP contribution in [0.1, 0.15) is 33.6 Å². The second-order valence-corrected chi connectivity index (χ2v) is 11.5. The molecule has 0 saturated carbocycles. The zero-order chi connectivity index (χ0) is 26.2. The molecule has 8 nitrogen and oxygen atoms in total. The summed E-state index contributed by atoms with van der Waals surface area (Å²) in [7, 11) is 0. The van der Waals surface area contributed by atoms with Crippen molar-refractivity contribution < 1.29 is 24.6 Å². The number of aliphatic hydroxyl groups is 1. The Kier molecular flexibility index (Phi) is 7.71. The highest BCUT2D eigenvalue weighted by molar-refractivity contribution is 8.02. The maximum absolute atomic E-state index is 14.4. The number of likely N-dealkylation sites (tertiary alicyclic amines) is 1. The molecule has 1 aromatic rings. The third kappa shape index (κ3) is 4.00. The van der Waals surface area contributed by atoms with E-state index in [0.717, 1.165) is 18.8 Å². The number of hydrogen-bond donors (Lipinski definition) is 2. The van der Waals surface area contributed by atoms with Crippen molar-refractivity contribution in [3.63, 3.8) is 0 Å². The van der Waals surface area contributed by atoms with Crippen LogP contribution in [0.2, 0.25) is 0 Å². The molecular weight excluding hydrogens is 478 g/mol. The summed E-state index contributed by atoms with van der Waals surface area (Å²) in [5.41, 5.74) is 1.78. The first-order chi connectivity index (χ1) is 17.3. The number of amides is 2.